The number of nitrogen functional groups attached to an aromatic ring is 1. The smallest absolute Gasteiger partial charge is 0.251 e. The number of thiophene rings is 1. The Morgan fingerprint density at radius 1 is 1.14 bits per heavy atom. The summed E-state index contributed by atoms with van der Waals surface area (Å²) in [4.78, 5) is 24.0. The maximum atomic E-state index is 13.0. The van der Waals surface area contributed by atoms with Gasteiger partial charge in [-0.1, -0.05) is 36.8 Å². The molecule has 0 spiro atoms. The van der Waals surface area contributed by atoms with Gasteiger partial charge in [-0.05, 0) is 30.0 Å². The van der Waals surface area contributed by atoms with Gasteiger partial charge in [-0.25, -0.2) is 9.97 Å². The minimum absolute atomic E-state index is 0.180. The normalized spacial score (nSPS) is 15.3. The van der Waals surface area contributed by atoms with Crippen LogP contribution in [0.25, 0.3) is 32.7 Å². The van der Waals surface area contributed by atoms with Crippen molar-refractivity contribution in [1.82, 2.24) is 15.0 Å². The summed E-state index contributed by atoms with van der Waals surface area (Å²) in [6.45, 7) is 0. The van der Waals surface area contributed by atoms with Gasteiger partial charge < -0.3 is 10.7 Å². The maximum absolute atomic E-state index is 13.0. The van der Waals surface area contributed by atoms with Gasteiger partial charge in [0, 0.05) is 16.7 Å². The first-order chi connectivity index (χ1) is 14.1. The van der Waals surface area contributed by atoms with Gasteiger partial charge in [0.2, 0.25) is 0 Å². The molecule has 0 bridgehead atoms. The van der Waals surface area contributed by atoms with Crippen LogP contribution in [0.3, 0.4) is 0 Å². The second kappa shape index (κ2) is 7.20. The van der Waals surface area contributed by atoms with Crippen molar-refractivity contribution in [2.24, 2.45) is 0 Å². The van der Waals surface area contributed by atoms with E-state index in [1.807, 2.05) is 36.4 Å². The molecule has 29 heavy (non-hydrogen) atoms. The molecule has 3 aromatic heterocycles. The van der Waals surface area contributed by atoms with Gasteiger partial charge in [0.1, 0.15) is 9.04 Å². The number of nitrogens with zero attached hydrogens (tertiary/aromatic N) is 2. The van der Waals surface area contributed by atoms with E-state index in [0.29, 0.717) is 26.1 Å². The van der Waals surface area contributed by atoms with Crippen LogP contribution in [-0.4, -0.2) is 24.4 Å². The summed E-state index contributed by atoms with van der Waals surface area (Å²) in [5.41, 5.74) is 9.78. The quantitative estimate of drug-likeness (QED) is 0.518. The SMILES string of the molecule is Nc1c(S(=O)C2CCC2)sc2nc(-c3cc(=O)[nH]cn3)cc(-c3ccccc3)c12. The summed E-state index contributed by atoms with van der Waals surface area (Å²) in [6.07, 6.45) is 4.43. The van der Waals surface area contributed by atoms with Gasteiger partial charge in [-0.15, -0.1) is 11.3 Å². The van der Waals surface area contributed by atoms with E-state index in [2.05, 4.69) is 9.97 Å². The zero-order valence-corrected chi connectivity index (χ0v) is 17.1. The predicted molar refractivity (Wildman–Crippen MR) is 117 cm³/mol. The number of nitrogens with two attached hydrogens (primary N) is 1. The number of rotatable bonds is 4. The third-order valence-corrected chi connectivity index (χ3v) is 8.53. The molecule has 0 amide bonds. The molecule has 0 saturated heterocycles. The van der Waals surface area contributed by atoms with Gasteiger partial charge in [-0.2, -0.15) is 0 Å². The number of nitrogens with one attached hydrogen (secondary N) is 1. The Morgan fingerprint density at radius 3 is 2.62 bits per heavy atom. The van der Waals surface area contributed by atoms with E-state index in [4.69, 9.17) is 10.7 Å². The number of aromatic nitrogens is 3. The highest BCUT2D eigenvalue weighted by atomic mass is 32.2. The molecule has 1 aromatic carbocycles. The van der Waals surface area contributed by atoms with Crippen LogP contribution in [0.4, 0.5) is 5.69 Å². The Kier molecular flexibility index (Phi) is 4.52. The van der Waals surface area contributed by atoms with Crippen molar-refractivity contribution in [3.63, 3.8) is 0 Å². The molecule has 1 atom stereocenters. The number of benzene rings is 1. The number of hydrogen-bond acceptors (Lipinski definition) is 6. The second-order valence-electron chi connectivity index (χ2n) is 7.05. The number of anilines is 1. The minimum atomic E-state index is -1.12. The molecule has 146 valence electrons. The van der Waals surface area contributed by atoms with E-state index in [1.165, 1.54) is 23.7 Å². The number of fused-ring (bicyclic) bond motifs is 1. The average Bonchev–Trinajstić information content (AvgIpc) is 3.03. The summed E-state index contributed by atoms with van der Waals surface area (Å²) in [7, 11) is -1.12. The lowest BCUT2D eigenvalue weighted by molar-refractivity contribution is 0.505. The fourth-order valence-electron chi connectivity index (χ4n) is 3.47. The van der Waals surface area contributed by atoms with Crippen molar-refractivity contribution in [2.75, 3.05) is 5.73 Å². The van der Waals surface area contributed by atoms with Crippen LogP contribution in [0.1, 0.15) is 19.3 Å². The summed E-state index contributed by atoms with van der Waals surface area (Å²) in [5, 5.41) is 0.997. The Hall–Kier alpha value is -2.84. The fourth-order valence-corrected chi connectivity index (χ4v) is 6.68. The molecule has 0 radical (unpaired) electrons. The summed E-state index contributed by atoms with van der Waals surface area (Å²) in [6, 6.07) is 13.2. The lowest BCUT2D eigenvalue weighted by Gasteiger charge is -2.23. The van der Waals surface area contributed by atoms with Gasteiger partial charge >= 0.3 is 0 Å². The lowest BCUT2D eigenvalue weighted by Crippen LogP contribution is -2.23. The van der Waals surface area contributed by atoms with Gasteiger partial charge in [0.25, 0.3) is 5.56 Å². The molecular weight excluding hydrogens is 404 g/mol. The average molecular weight is 423 g/mol. The Labute approximate surface area is 173 Å². The number of hydrogen-bond donors (Lipinski definition) is 2. The summed E-state index contributed by atoms with van der Waals surface area (Å²) >= 11 is 1.38. The van der Waals surface area contributed by atoms with E-state index < -0.39 is 10.8 Å². The molecule has 1 aliphatic carbocycles. The number of H-pyrrole nitrogens is 1. The van der Waals surface area contributed by atoms with Crippen molar-refractivity contribution in [3.05, 3.63) is 59.1 Å². The zero-order chi connectivity index (χ0) is 20.0. The van der Waals surface area contributed by atoms with Gasteiger partial charge in [0.15, 0.2) is 0 Å². The van der Waals surface area contributed by atoms with Crippen LogP contribution in [0, 0.1) is 0 Å². The van der Waals surface area contributed by atoms with Crippen molar-refractivity contribution < 1.29 is 4.21 Å². The van der Waals surface area contributed by atoms with Crippen molar-refractivity contribution in [2.45, 2.75) is 28.7 Å². The van der Waals surface area contributed by atoms with Crippen LogP contribution in [-0.2, 0) is 10.8 Å². The number of aromatic amines is 1. The summed E-state index contributed by atoms with van der Waals surface area (Å²) in [5.74, 6) is 0. The molecule has 8 heteroatoms. The van der Waals surface area contributed by atoms with Gasteiger partial charge in [-0.3, -0.25) is 9.00 Å². The topological polar surface area (TPSA) is 102 Å². The first-order valence-corrected chi connectivity index (χ1v) is 11.4. The first-order valence-electron chi connectivity index (χ1n) is 9.36. The van der Waals surface area contributed by atoms with Crippen LogP contribution in [0.2, 0.25) is 0 Å². The van der Waals surface area contributed by atoms with E-state index >= 15 is 0 Å². The van der Waals surface area contributed by atoms with Crippen LogP contribution < -0.4 is 11.3 Å². The van der Waals surface area contributed by atoms with E-state index in [-0.39, 0.29) is 10.8 Å². The standard InChI is InChI=1S/C21H18N4O2S2/c22-19-18-14(12-5-2-1-3-6-12)9-16(15-10-17(26)24-11-23-15)25-20(18)28-21(19)29(27)13-7-4-8-13/h1-3,5-6,9-11,13H,4,7-8,22H2,(H,23,24,26). The van der Waals surface area contributed by atoms with Gasteiger partial charge in [0.05, 0.1) is 34.2 Å². The fraction of sp³-hybridized carbons (Fsp3) is 0.190. The van der Waals surface area contributed by atoms with Crippen molar-refractivity contribution >= 4 is 38.0 Å². The maximum Gasteiger partial charge on any atom is 0.251 e. The first kappa shape index (κ1) is 18.2. The van der Waals surface area contributed by atoms with Crippen LogP contribution in [0.15, 0.2) is 57.8 Å². The van der Waals surface area contributed by atoms with E-state index in [1.54, 1.807) is 0 Å². The lowest BCUT2D eigenvalue weighted by atomic mass is 10.00. The molecule has 1 saturated carbocycles. The van der Waals surface area contributed by atoms with E-state index in [9.17, 15) is 9.00 Å². The molecule has 3 N–H and O–H groups in total. The number of pyridine rings is 1. The van der Waals surface area contributed by atoms with Crippen molar-refractivity contribution in [3.8, 4) is 22.5 Å². The van der Waals surface area contributed by atoms with Crippen molar-refractivity contribution in [1.29, 1.82) is 0 Å². The molecule has 1 aliphatic rings. The monoisotopic (exact) mass is 422 g/mol. The Balaban J connectivity index is 1.77. The van der Waals surface area contributed by atoms with Crippen LogP contribution >= 0.6 is 11.3 Å². The van der Waals surface area contributed by atoms with E-state index in [0.717, 1.165) is 35.8 Å². The second-order valence-corrected chi connectivity index (χ2v) is 9.98. The molecule has 0 aliphatic heterocycles. The third kappa shape index (κ3) is 3.18. The Bertz CT molecular complexity index is 1290. The Morgan fingerprint density at radius 2 is 1.93 bits per heavy atom. The third-order valence-electron chi connectivity index (χ3n) is 5.23. The molecular formula is C21H18N4O2S2. The molecule has 4 aromatic rings. The largest absolute Gasteiger partial charge is 0.396 e. The molecule has 6 nitrogen and oxygen atoms in total. The predicted octanol–water partition coefficient (Wildman–Crippen LogP) is 3.96. The summed E-state index contributed by atoms with van der Waals surface area (Å²) < 4.78 is 13.7. The highest BCUT2D eigenvalue weighted by Crippen LogP contribution is 2.44. The highest BCUT2D eigenvalue weighted by Gasteiger charge is 2.29. The molecule has 1 fully saturated rings. The molecule has 3 heterocycles. The zero-order valence-electron chi connectivity index (χ0n) is 15.4. The van der Waals surface area contributed by atoms with Crippen LogP contribution in [0.5, 0.6) is 0 Å². The molecule has 1 unspecified atom stereocenters. The minimum Gasteiger partial charge on any atom is -0.396 e. The molecule has 5 rings (SSSR count). The highest BCUT2D eigenvalue weighted by molar-refractivity contribution is 7.88.